The minimum Gasteiger partial charge on any atom is -0.478 e. The fourth-order valence-corrected chi connectivity index (χ4v) is 1.66. The van der Waals surface area contributed by atoms with Crippen molar-refractivity contribution in [2.24, 2.45) is 0 Å². The van der Waals surface area contributed by atoms with E-state index in [0.717, 1.165) is 11.1 Å². The lowest BCUT2D eigenvalue weighted by molar-refractivity contribution is -0.128. The van der Waals surface area contributed by atoms with Crippen LogP contribution in [-0.2, 0) is 4.79 Å². The van der Waals surface area contributed by atoms with Crippen LogP contribution in [0, 0.1) is 6.92 Å². The molecule has 4 nitrogen and oxygen atoms in total. The molecule has 0 radical (unpaired) electrons. The van der Waals surface area contributed by atoms with Crippen LogP contribution in [0.5, 0.6) is 5.75 Å². The normalized spacial score (nSPS) is 10.5. The predicted octanol–water partition coefficient (Wildman–Crippen LogP) is 3.31. The molecule has 2 aromatic rings. The molecule has 0 unspecified atom stereocenters. The van der Waals surface area contributed by atoms with E-state index < -0.39 is 11.9 Å². The number of esters is 1. The maximum atomic E-state index is 11.6. The van der Waals surface area contributed by atoms with Gasteiger partial charge in [-0.05, 0) is 42.8 Å². The van der Waals surface area contributed by atoms with Gasteiger partial charge in [-0.25, -0.2) is 9.59 Å². The van der Waals surface area contributed by atoms with Gasteiger partial charge < -0.3 is 9.84 Å². The van der Waals surface area contributed by atoms with Crippen molar-refractivity contribution >= 4 is 18.0 Å². The Bertz CT molecular complexity index is 667. The van der Waals surface area contributed by atoms with Crippen LogP contribution in [0.4, 0.5) is 0 Å². The molecule has 0 amide bonds. The highest BCUT2D eigenvalue weighted by Gasteiger charge is 2.04. The number of carboxylic acid groups (broad SMARTS) is 1. The van der Waals surface area contributed by atoms with Gasteiger partial charge in [0, 0.05) is 6.08 Å². The first-order chi connectivity index (χ1) is 10.0. The molecule has 0 fully saturated rings. The van der Waals surface area contributed by atoms with Crippen molar-refractivity contribution in [3.63, 3.8) is 0 Å². The molecular formula is C17H14O4. The van der Waals surface area contributed by atoms with Crippen LogP contribution in [0.2, 0.25) is 0 Å². The van der Waals surface area contributed by atoms with Gasteiger partial charge in [0.2, 0.25) is 0 Å². The van der Waals surface area contributed by atoms with E-state index in [2.05, 4.69) is 0 Å². The lowest BCUT2D eigenvalue weighted by Crippen LogP contribution is -2.04. The number of hydrogen-bond donors (Lipinski definition) is 1. The van der Waals surface area contributed by atoms with Gasteiger partial charge in [-0.15, -0.1) is 0 Å². The molecule has 0 aliphatic rings. The van der Waals surface area contributed by atoms with Crippen molar-refractivity contribution in [3.05, 3.63) is 71.3 Å². The predicted molar refractivity (Wildman–Crippen MR) is 79.2 cm³/mol. The van der Waals surface area contributed by atoms with Crippen molar-refractivity contribution < 1.29 is 19.4 Å². The second-order valence-corrected chi connectivity index (χ2v) is 4.49. The zero-order valence-electron chi connectivity index (χ0n) is 11.4. The lowest BCUT2D eigenvalue weighted by atomic mass is 10.1. The fraction of sp³-hybridized carbons (Fsp3) is 0.0588. The Balaban J connectivity index is 1.98. The maximum absolute atomic E-state index is 11.6. The van der Waals surface area contributed by atoms with Crippen molar-refractivity contribution in [2.75, 3.05) is 0 Å². The Morgan fingerprint density at radius 1 is 1.00 bits per heavy atom. The largest absolute Gasteiger partial charge is 0.478 e. The van der Waals surface area contributed by atoms with Crippen LogP contribution in [0.15, 0.2) is 54.6 Å². The molecule has 0 heterocycles. The van der Waals surface area contributed by atoms with E-state index in [1.807, 2.05) is 31.2 Å². The van der Waals surface area contributed by atoms with Gasteiger partial charge in [0.05, 0.1) is 5.56 Å². The molecule has 21 heavy (non-hydrogen) atoms. The summed E-state index contributed by atoms with van der Waals surface area (Å²) >= 11 is 0. The third-order valence-corrected chi connectivity index (χ3v) is 2.81. The molecule has 2 rings (SSSR count). The van der Waals surface area contributed by atoms with Crippen LogP contribution >= 0.6 is 0 Å². The number of rotatable bonds is 4. The molecule has 2 aromatic carbocycles. The van der Waals surface area contributed by atoms with Crippen molar-refractivity contribution in [1.82, 2.24) is 0 Å². The van der Waals surface area contributed by atoms with Crippen LogP contribution in [0.1, 0.15) is 21.5 Å². The van der Waals surface area contributed by atoms with Crippen LogP contribution in [0.25, 0.3) is 6.08 Å². The van der Waals surface area contributed by atoms with E-state index in [0.29, 0.717) is 5.75 Å². The molecular weight excluding hydrogens is 268 g/mol. The summed E-state index contributed by atoms with van der Waals surface area (Å²) in [6.45, 7) is 1.99. The monoisotopic (exact) mass is 282 g/mol. The summed E-state index contributed by atoms with van der Waals surface area (Å²) in [5.74, 6) is -1.23. The standard InChI is InChI=1S/C17H14O4/c1-12-2-4-13(5-3-12)6-11-16(18)21-15-9-7-14(8-10-15)17(19)20/h2-11H,1H3,(H,19,20)/b11-6+. The molecule has 0 aliphatic heterocycles. The summed E-state index contributed by atoms with van der Waals surface area (Å²) in [4.78, 5) is 22.3. The quantitative estimate of drug-likeness (QED) is 0.531. The van der Waals surface area contributed by atoms with Gasteiger partial charge in [-0.3, -0.25) is 0 Å². The summed E-state index contributed by atoms with van der Waals surface area (Å²) in [5, 5.41) is 8.77. The molecule has 0 atom stereocenters. The number of aromatic carboxylic acids is 1. The van der Waals surface area contributed by atoms with E-state index in [4.69, 9.17) is 9.84 Å². The van der Waals surface area contributed by atoms with Gasteiger partial charge in [0.25, 0.3) is 0 Å². The van der Waals surface area contributed by atoms with Crippen LogP contribution in [-0.4, -0.2) is 17.0 Å². The third-order valence-electron chi connectivity index (χ3n) is 2.81. The Labute approximate surface area is 122 Å². The number of benzene rings is 2. The second kappa shape index (κ2) is 6.52. The number of ether oxygens (including phenoxy) is 1. The Kier molecular flexibility index (Phi) is 4.51. The maximum Gasteiger partial charge on any atom is 0.336 e. The summed E-state index contributed by atoms with van der Waals surface area (Å²) in [6, 6.07) is 13.4. The van der Waals surface area contributed by atoms with Crippen LogP contribution < -0.4 is 4.74 Å². The zero-order valence-corrected chi connectivity index (χ0v) is 11.4. The van der Waals surface area contributed by atoms with Crippen molar-refractivity contribution in [2.45, 2.75) is 6.92 Å². The molecule has 106 valence electrons. The Hall–Kier alpha value is -2.88. The third kappa shape index (κ3) is 4.31. The van der Waals surface area contributed by atoms with Gasteiger partial charge in [0.1, 0.15) is 5.75 Å². The van der Waals surface area contributed by atoms with E-state index in [9.17, 15) is 9.59 Å². The van der Waals surface area contributed by atoms with Gasteiger partial charge >= 0.3 is 11.9 Å². The molecule has 0 aromatic heterocycles. The van der Waals surface area contributed by atoms with E-state index >= 15 is 0 Å². The molecule has 0 saturated heterocycles. The number of aryl methyl sites for hydroxylation is 1. The van der Waals surface area contributed by atoms with Crippen molar-refractivity contribution in [3.8, 4) is 5.75 Å². The zero-order chi connectivity index (χ0) is 15.2. The van der Waals surface area contributed by atoms with E-state index in [-0.39, 0.29) is 5.56 Å². The molecule has 0 saturated carbocycles. The fourth-order valence-electron chi connectivity index (χ4n) is 1.66. The van der Waals surface area contributed by atoms with Crippen LogP contribution in [0.3, 0.4) is 0 Å². The highest BCUT2D eigenvalue weighted by atomic mass is 16.5. The topological polar surface area (TPSA) is 63.6 Å². The lowest BCUT2D eigenvalue weighted by Gasteiger charge is -2.01. The van der Waals surface area contributed by atoms with Gasteiger partial charge in [-0.1, -0.05) is 29.8 Å². The molecule has 0 bridgehead atoms. The second-order valence-electron chi connectivity index (χ2n) is 4.49. The summed E-state index contributed by atoms with van der Waals surface area (Å²) in [7, 11) is 0. The molecule has 0 spiro atoms. The molecule has 4 heteroatoms. The van der Waals surface area contributed by atoms with E-state index in [1.54, 1.807) is 6.08 Å². The molecule has 1 N–H and O–H groups in total. The Morgan fingerprint density at radius 2 is 1.62 bits per heavy atom. The minimum absolute atomic E-state index is 0.144. The first-order valence-corrected chi connectivity index (χ1v) is 6.34. The summed E-state index contributed by atoms with van der Waals surface area (Å²) < 4.78 is 5.08. The SMILES string of the molecule is Cc1ccc(/C=C/C(=O)Oc2ccc(C(=O)O)cc2)cc1. The first kappa shape index (κ1) is 14.5. The summed E-state index contributed by atoms with van der Waals surface area (Å²) in [6.07, 6.45) is 2.99. The number of carboxylic acids is 1. The van der Waals surface area contributed by atoms with Gasteiger partial charge in [0.15, 0.2) is 0 Å². The number of carbonyl (C=O) groups excluding carboxylic acids is 1. The van der Waals surface area contributed by atoms with Gasteiger partial charge in [-0.2, -0.15) is 0 Å². The average Bonchev–Trinajstić information content (AvgIpc) is 2.47. The number of carbonyl (C=O) groups is 2. The molecule has 0 aliphatic carbocycles. The summed E-state index contributed by atoms with van der Waals surface area (Å²) in [5.41, 5.74) is 2.19. The van der Waals surface area contributed by atoms with Crippen molar-refractivity contribution in [1.29, 1.82) is 0 Å². The van der Waals surface area contributed by atoms with E-state index in [1.165, 1.54) is 30.3 Å². The average molecular weight is 282 g/mol. The first-order valence-electron chi connectivity index (χ1n) is 6.34. The highest BCUT2D eigenvalue weighted by molar-refractivity contribution is 5.89. The highest BCUT2D eigenvalue weighted by Crippen LogP contribution is 2.13. The Morgan fingerprint density at radius 3 is 2.19 bits per heavy atom. The minimum atomic E-state index is -1.02. The number of hydrogen-bond acceptors (Lipinski definition) is 3. The smallest absolute Gasteiger partial charge is 0.336 e.